The largest absolute Gasteiger partial charge is 1.00 e. The maximum absolute atomic E-state index is 13.0. The Labute approximate surface area is 362 Å². The third-order valence-corrected chi connectivity index (χ3v) is 9.81. The molecule has 0 fully saturated rings. The minimum Gasteiger partial charge on any atom is -0.726 e. The summed E-state index contributed by atoms with van der Waals surface area (Å²) in [6, 6.07) is 0. The van der Waals surface area contributed by atoms with Crippen LogP contribution in [-0.2, 0) is 38.8 Å². The molecule has 0 N–H and O–H groups in total. The number of nitrogens with zero attached hydrogens (tertiary/aromatic N) is 2. The summed E-state index contributed by atoms with van der Waals surface area (Å²) in [5.74, 6) is 0.0435. The van der Waals surface area contributed by atoms with Crippen molar-refractivity contribution in [3.8, 4) is 0 Å². The Morgan fingerprint density at radius 3 is 0.962 bits per heavy atom. The van der Waals surface area contributed by atoms with E-state index >= 15 is 0 Å². The molecule has 2 amide bonds. The number of hydrogen-bond donors (Lipinski definition) is 0. The summed E-state index contributed by atoms with van der Waals surface area (Å²) in [4.78, 5) is 29.5. The Bertz CT molecular complexity index is 972. The molecular formula is C36H70N2Na2O10S2. The molecule has 0 aromatic carbocycles. The van der Waals surface area contributed by atoms with E-state index in [1.807, 2.05) is 0 Å². The predicted molar refractivity (Wildman–Crippen MR) is 196 cm³/mol. The summed E-state index contributed by atoms with van der Waals surface area (Å²) in [7, 11) is -9.54. The average molecular weight is 801 g/mol. The zero-order valence-corrected chi connectivity index (χ0v) is 39.1. The first-order valence-corrected chi connectivity index (χ1v) is 22.3. The van der Waals surface area contributed by atoms with E-state index in [-0.39, 0.29) is 97.0 Å². The fourth-order valence-corrected chi connectivity index (χ4v) is 6.65. The Kier molecular flexibility index (Phi) is 42.3. The normalized spacial score (nSPS) is 11.5. The summed E-state index contributed by atoms with van der Waals surface area (Å²) in [6.45, 7) is 5.55. The number of hydrogen-bond acceptors (Lipinski definition) is 10. The van der Waals surface area contributed by atoms with Gasteiger partial charge in [0.1, 0.15) is 0 Å². The molecular weight excluding hydrogens is 731 g/mol. The summed E-state index contributed by atoms with van der Waals surface area (Å²) < 4.78 is 73.4. The summed E-state index contributed by atoms with van der Waals surface area (Å²) in [5.41, 5.74) is 0. The van der Waals surface area contributed by atoms with Gasteiger partial charge in [0.15, 0.2) is 0 Å². The van der Waals surface area contributed by atoms with Gasteiger partial charge in [-0.25, -0.2) is 16.8 Å². The number of unbranched alkanes of at least 4 members (excludes halogenated alkanes) is 19. The van der Waals surface area contributed by atoms with E-state index in [2.05, 4.69) is 22.2 Å². The van der Waals surface area contributed by atoms with Gasteiger partial charge < -0.3 is 18.9 Å². The van der Waals surface area contributed by atoms with Crippen molar-refractivity contribution in [3.05, 3.63) is 0 Å². The van der Waals surface area contributed by atoms with Crippen molar-refractivity contribution in [2.45, 2.75) is 181 Å². The van der Waals surface area contributed by atoms with Crippen LogP contribution >= 0.6 is 0 Å². The minimum atomic E-state index is -4.77. The van der Waals surface area contributed by atoms with Gasteiger partial charge in [-0.2, -0.15) is 0 Å². The second kappa shape index (κ2) is 38.5. The predicted octanol–water partition coefficient (Wildman–Crippen LogP) is 1.79. The molecule has 0 aliphatic heterocycles. The van der Waals surface area contributed by atoms with Crippen molar-refractivity contribution < 1.29 is 103 Å². The zero-order chi connectivity index (χ0) is 37.4. The molecule has 0 saturated heterocycles. The fraction of sp³-hybridized carbons (Fsp3) is 0.944. The molecule has 0 saturated carbocycles. The Morgan fingerprint density at radius 2 is 0.673 bits per heavy atom. The van der Waals surface area contributed by atoms with E-state index in [0.717, 1.165) is 64.2 Å². The Balaban J connectivity index is -0.0000120. The Hall–Kier alpha value is 0.680. The van der Waals surface area contributed by atoms with Crippen molar-refractivity contribution in [2.24, 2.45) is 0 Å². The van der Waals surface area contributed by atoms with E-state index in [1.54, 1.807) is 9.80 Å². The molecule has 12 nitrogen and oxygen atoms in total. The van der Waals surface area contributed by atoms with E-state index in [4.69, 9.17) is 0 Å². The maximum atomic E-state index is 13.0. The summed E-state index contributed by atoms with van der Waals surface area (Å²) in [6.07, 6.45) is 25.3. The van der Waals surface area contributed by atoms with Crippen LogP contribution in [0.15, 0.2) is 0 Å². The van der Waals surface area contributed by atoms with E-state index < -0.39 is 20.8 Å². The summed E-state index contributed by atoms with van der Waals surface area (Å²) in [5, 5.41) is 0. The van der Waals surface area contributed by atoms with Crippen molar-refractivity contribution in [1.82, 2.24) is 9.80 Å². The molecule has 0 bridgehead atoms. The van der Waals surface area contributed by atoms with Gasteiger partial charge in [0.25, 0.3) is 0 Å². The fourth-order valence-electron chi connectivity index (χ4n) is 6.00. The van der Waals surface area contributed by atoms with Crippen LogP contribution in [0.25, 0.3) is 0 Å². The number of carbonyl (C=O) groups is 2. The smallest absolute Gasteiger partial charge is 0.726 e. The molecule has 52 heavy (non-hydrogen) atoms. The number of rotatable bonds is 37. The van der Waals surface area contributed by atoms with E-state index in [9.17, 15) is 35.5 Å². The van der Waals surface area contributed by atoms with Crippen LogP contribution in [0.4, 0.5) is 0 Å². The first-order chi connectivity index (χ1) is 23.9. The molecule has 0 radical (unpaired) electrons. The van der Waals surface area contributed by atoms with Crippen LogP contribution in [0.5, 0.6) is 0 Å². The molecule has 0 spiro atoms. The van der Waals surface area contributed by atoms with Crippen LogP contribution in [0, 0.1) is 0 Å². The SMILES string of the molecule is CCCCCCCCCCCC(=O)N(CCCCCCN(CCCOS(=O)(=O)[O-])C(=O)CCCCCCCCCCC)CCCOS(=O)(=O)[O-].[Na+].[Na+]. The van der Waals surface area contributed by atoms with Gasteiger partial charge in [0, 0.05) is 39.0 Å². The topological polar surface area (TPSA) is 173 Å². The maximum Gasteiger partial charge on any atom is 1.00 e. The molecule has 0 atom stereocenters. The van der Waals surface area contributed by atoms with E-state index in [0.29, 0.717) is 39.0 Å². The van der Waals surface area contributed by atoms with E-state index in [1.165, 1.54) is 77.0 Å². The minimum absolute atomic E-state index is 0. The van der Waals surface area contributed by atoms with Crippen molar-refractivity contribution in [2.75, 3.05) is 39.4 Å². The second-order valence-corrected chi connectivity index (χ2v) is 15.6. The quantitative estimate of drug-likeness (QED) is 0.0390. The van der Waals surface area contributed by atoms with Crippen molar-refractivity contribution in [1.29, 1.82) is 0 Å². The van der Waals surface area contributed by atoms with Gasteiger partial charge in [-0.3, -0.25) is 18.0 Å². The van der Waals surface area contributed by atoms with Gasteiger partial charge in [0.2, 0.25) is 32.6 Å². The molecule has 0 aromatic rings. The van der Waals surface area contributed by atoms with Gasteiger partial charge in [-0.05, 0) is 38.5 Å². The molecule has 0 heterocycles. The first kappa shape index (κ1) is 57.0. The number of carbonyl (C=O) groups excluding carboxylic acids is 2. The van der Waals surface area contributed by atoms with Gasteiger partial charge in [-0.1, -0.05) is 129 Å². The molecule has 0 rings (SSSR count). The molecule has 0 aliphatic rings. The summed E-state index contributed by atoms with van der Waals surface area (Å²) >= 11 is 0. The monoisotopic (exact) mass is 800 g/mol. The molecule has 0 unspecified atom stereocenters. The van der Waals surface area contributed by atoms with Crippen molar-refractivity contribution >= 4 is 32.6 Å². The molecule has 16 heteroatoms. The zero-order valence-electron chi connectivity index (χ0n) is 33.4. The third-order valence-electron chi connectivity index (χ3n) is 8.90. The Morgan fingerprint density at radius 1 is 0.423 bits per heavy atom. The van der Waals surface area contributed by atoms with Crippen LogP contribution in [0.1, 0.15) is 181 Å². The van der Waals surface area contributed by atoms with Crippen LogP contribution in [-0.4, -0.2) is 86.9 Å². The second-order valence-electron chi connectivity index (χ2n) is 13.5. The number of amides is 2. The van der Waals surface area contributed by atoms with Gasteiger partial charge in [0.05, 0.1) is 13.2 Å². The molecule has 298 valence electrons. The standard InChI is InChI=1S/C36H72N2O10S2.2Na/c1-3-5-7-9-11-13-15-17-21-27-35(39)37(31-25-33-47-49(41,42)43)29-23-19-20-24-30-38(32-26-34-48-50(44,45)46)36(40)28-22-18-16-14-12-10-8-6-4-2;;/h3-34H2,1-2H3,(H,41,42,43)(H,44,45,46);;/q;2*+1/p-2. The first-order valence-electron chi connectivity index (χ1n) is 19.7. The van der Waals surface area contributed by atoms with Crippen LogP contribution < -0.4 is 59.1 Å². The van der Waals surface area contributed by atoms with Crippen LogP contribution in [0.2, 0.25) is 0 Å². The van der Waals surface area contributed by atoms with Gasteiger partial charge in [-0.15, -0.1) is 0 Å². The average Bonchev–Trinajstić information content (AvgIpc) is 3.05. The third kappa shape index (κ3) is 40.3. The molecule has 0 aliphatic carbocycles. The van der Waals surface area contributed by atoms with Crippen molar-refractivity contribution in [3.63, 3.8) is 0 Å². The van der Waals surface area contributed by atoms with Crippen LogP contribution in [0.3, 0.4) is 0 Å². The van der Waals surface area contributed by atoms with Gasteiger partial charge >= 0.3 is 59.1 Å². The molecule has 0 aromatic heterocycles.